The summed E-state index contributed by atoms with van der Waals surface area (Å²) in [7, 11) is 0. The van der Waals surface area contributed by atoms with Gasteiger partial charge in [0, 0.05) is 30.7 Å². The molecular formula is C22H24F3N5O3. The van der Waals surface area contributed by atoms with E-state index in [9.17, 15) is 22.8 Å². The van der Waals surface area contributed by atoms with Gasteiger partial charge in [0.05, 0.1) is 11.6 Å². The highest BCUT2D eigenvalue weighted by atomic mass is 19.4. The predicted molar refractivity (Wildman–Crippen MR) is 112 cm³/mol. The fourth-order valence-electron chi connectivity index (χ4n) is 4.22. The third kappa shape index (κ3) is 5.58. The number of hydrogen-bond donors (Lipinski definition) is 2. The number of primary amides is 1. The molecule has 2 saturated carbocycles. The molecule has 0 aromatic carbocycles. The van der Waals surface area contributed by atoms with Gasteiger partial charge in [-0.1, -0.05) is 0 Å². The van der Waals surface area contributed by atoms with Crippen molar-refractivity contribution in [3.63, 3.8) is 0 Å². The zero-order valence-electron chi connectivity index (χ0n) is 17.8. The summed E-state index contributed by atoms with van der Waals surface area (Å²) in [5, 5.41) is 3.10. The number of ketones is 1. The maximum Gasteiger partial charge on any atom is 0.417 e. The average molecular weight is 463 g/mol. The van der Waals surface area contributed by atoms with E-state index in [2.05, 4.69) is 20.3 Å². The van der Waals surface area contributed by atoms with Crippen LogP contribution in [0.2, 0.25) is 0 Å². The number of nitrogens with one attached hydrogen (secondary N) is 1. The normalized spacial score (nSPS) is 23.4. The number of carbonyl (C=O) groups excluding carboxylic acids is 2. The van der Waals surface area contributed by atoms with E-state index in [1.807, 2.05) is 0 Å². The van der Waals surface area contributed by atoms with Crippen molar-refractivity contribution >= 4 is 17.5 Å². The molecular weight excluding hydrogens is 439 g/mol. The third-order valence-electron chi connectivity index (χ3n) is 6.01. The summed E-state index contributed by atoms with van der Waals surface area (Å²) in [6.45, 7) is 0. The van der Waals surface area contributed by atoms with E-state index in [1.165, 1.54) is 12.1 Å². The molecule has 176 valence electrons. The molecule has 2 aromatic rings. The summed E-state index contributed by atoms with van der Waals surface area (Å²) < 4.78 is 43.8. The lowest BCUT2D eigenvalue weighted by molar-refractivity contribution is -0.137. The van der Waals surface area contributed by atoms with Gasteiger partial charge in [0.1, 0.15) is 23.4 Å². The van der Waals surface area contributed by atoms with Gasteiger partial charge in [0.15, 0.2) is 5.78 Å². The Morgan fingerprint density at radius 2 is 1.88 bits per heavy atom. The van der Waals surface area contributed by atoms with E-state index in [4.69, 9.17) is 10.5 Å². The van der Waals surface area contributed by atoms with Crippen LogP contribution in [0.1, 0.15) is 72.7 Å². The van der Waals surface area contributed by atoms with E-state index in [0.717, 1.165) is 18.7 Å². The van der Waals surface area contributed by atoms with Gasteiger partial charge in [-0.05, 0) is 44.6 Å². The number of amides is 1. The van der Waals surface area contributed by atoms with E-state index < -0.39 is 17.6 Å². The van der Waals surface area contributed by atoms with Crippen LogP contribution < -0.4 is 15.8 Å². The molecule has 0 bridgehead atoms. The smallest absolute Gasteiger partial charge is 0.417 e. The quantitative estimate of drug-likeness (QED) is 0.671. The molecule has 8 nitrogen and oxygen atoms in total. The number of anilines is 1. The Balaban J connectivity index is 1.40. The van der Waals surface area contributed by atoms with Gasteiger partial charge < -0.3 is 15.8 Å². The second-order valence-corrected chi connectivity index (χ2v) is 8.39. The number of ether oxygens (including phenoxy) is 1. The second-order valence-electron chi connectivity index (χ2n) is 8.39. The number of rotatable bonds is 6. The highest BCUT2D eigenvalue weighted by molar-refractivity contribution is 5.92. The van der Waals surface area contributed by atoms with Crippen LogP contribution in [0.5, 0.6) is 5.88 Å². The summed E-state index contributed by atoms with van der Waals surface area (Å²) in [6, 6.07) is 3.30. The minimum Gasteiger partial charge on any atom is -0.474 e. The molecule has 2 heterocycles. The highest BCUT2D eigenvalue weighted by Crippen LogP contribution is 2.34. The number of aromatic nitrogens is 3. The molecule has 0 radical (unpaired) electrons. The summed E-state index contributed by atoms with van der Waals surface area (Å²) >= 11 is 0. The van der Waals surface area contributed by atoms with Crippen molar-refractivity contribution in [2.45, 2.75) is 69.2 Å². The number of carbonyl (C=O) groups is 2. The molecule has 0 aliphatic heterocycles. The molecule has 2 fully saturated rings. The molecule has 0 saturated heterocycles. The number of pyridine rings is 1. The number of Topliss-reactive ketones (excluding diaryl/α,β-unsaturated/α-hetero) is 1. The Labute approximate surface area is 188 Å². The predicted octanol–water partition coefficient (Wildman–Crippen LogP) is 3.63. The summed E-state index contributed by atoms with van der Waals surface area (Å²) in [6.07, 6.45) is 0.747. The molecule has 2 aliphatic carbocycles. The molecule has 33 heavy (non-hydrogen) atoms. The minimum atomic E-state index is -4.44. The van der Waals surface area contributed by atoms with Gasteiger partial charge in [-0.15, -0.1) is 0 Å². The van der Waals surface area contributed by atoms with Crippen LogP contribution in [0.4, 0.5) is 19.0 Å². The van der Waals surface area contributed by atoms with Gasteiger partial charge in [0.2, 0.25) is 5.88 Å². The monoisotopic (exact) mass is 463 g/mol. The van der Waals surface area contributed by atoms with Crippen LogP contribution in [-0.2, 0) is 11.0 Å². The van der Waals surface area contributed by atoms with Crippen molar-refractivity contribution in [1.82, 2.24) is 15.0 Å². The van der Waals surface area contributed by atoms with E-state index in [0.29, 0.717) is 50.2 Å². The fourth-order valence-corrected chi connectivity index (χ4v) is 4.22. The Hall–Kier alpha value is -3.24. The highest BCUT2D eigenvalue weighted by Gasteiger charge is 2.31. The molecule has 1 amide bonds. The first kappa shape index (κ1) is 22.9. The largest absolute Gasteiger partial charge is 0.474 e. The van der Waals surface area contributed by atoms with E-state index in [1.54, 1.807) is 0 Å². The van der Waals surface area contributed by atoms with E-state index in [-0.39, 0.29) is 35.4 Å². The van der Waals surface area contributed by atoms with Crippen LogP contribution in [0.15, 0.2) is 24.4 Å². The van der Waals surface area contributed by atoms with Crippen molar-refractivity contribution in [1.29, 1.82) is 0 Å². The third-order valence-corrected chi connectivity index (χ3v) is 6.01. The average Bonchev–Trinajstić information content (AvgIpc) is 3.18. The van der Waals surface area contributed by atoms with Gasteiger partial charge in [-0.3, -0.25) is 9.59 Å². The first-order valence-electron chi connectivity index (χ1n) is 10.9. The van der Waals surface area contributed by atoms with Gasteiger partial charge >= 0.3 is 6.18 Å². The van der Waals surface area contributed by atoms with Gasteiger partial charge in [0.25, 0.3) is 5.91 Å². The van der Waals surface area contributed by atoms with Gasteiger partial charge in [-0.2, -0.15) is 13.2 Å². The summed E-state index contributed by atoms with van der Waals surface area (Å²) in [5.41, 5.74) is 4.70. The lowest BCUT2D eigenvalue weighted by Gasteiger charge is -2.28. The first-order valence-corrected chi connectivity index (χ1v) is 10.9. The van der Waals surface area contributed by atoms with Gasteiger partial charge in [-0.25, -0.2) is 15.0 Å². The SMILES string of the molecule is NC(=O)c1cc(N[C@H]2CCCC2=O)nc(C2CCC(Oc3ccc(C(F)(F)F)cn3)CC2)n1. The first-order chi connectivity index (χ1) is 15.7. The van der Waals surface area contributed by atoms with Crippen LogP contribution in [0.25, 0.3) is 0 Å². The van der Waals surface area contributed by atoms with Crippen molar-refractivity contribution in [3.8, 4) is 5.88 Å². The van der Waals surface area contributed by atoms with Crippen LogP contribution in [0.3, 0.4) is 0 Å². The second kappa shape index (κ2) is 9.32. The zero-order chi connectivity index (χ0) is 23.6. The molecule has 2 aliphatic rings. The Kier molecular flexibility index (Phi) is 6.48. The fraction of sp³-hybridized carbons (Fsp3) is 0.500. The van der Waals surface area contributed by atoms with Crippen molar-refractivity contribution in [3.05, 3.63) is 41.5 Å². The van der Waals surface area contributed by atoms with E-state index >= 15 is 0 Å². The number of nitrogens with two attached hydrogens (primary N) is 1. The van der Waals surface area contributed by atoms with Crippen LogP contribution in [-0.4, -0.2) is 38.8 Å². The molecule has 0 unspecified atom stereocenters. The Morgan fingerprint density at radius 1 is 1.12 bits per heavy atom. The summed E-state index contributed by atoms with van der Waals surface area (Å²) in [4.78, 5) is 36.4. The molecule has 2 aromatic heterocycles. The topological polar surface area (TPSA) is 120 Å². The molecule has 0 spiro atoms. The lowest BCUT2D eigenvalue weighted by atomic mass is 9.86. The van der Waals surface area contributed by atoms with Crippen molar-refractivity contribution < 1.29 is 27.5 Å². The number of nitrogens with zero attached hydrogens (tertiary/aromatic N) is 3. The van der Waals surface area contributed by atoms with Crippen molar-refractivity contribution in [2.75, 3.05) is 5.32 Å². The molecule has 3 N–H and O–H groups in total. The minimum absolute atomic E-state index is 0.0375. The molecule has 4 rings (SSSR count). The Bertz CT molecular complexity index is 1020. The standard InChI is InChI=1S/C22H24F3N5O3/c23-22(24,25)13-6-9-19(27-11-13)33-14-7-4-12(5-8-14)21-29-16(20(26)32)10-18(30-21)28-15-2-1-3-17(15)31/h6,9-12,14-15H,1-5,7-8H2,(H2,26,32)(H,28,29,30)/t12?,14?,15-/m0/s1. The Morgan fingerprint density at radius 3 is 2.45 bits per heavy atom. The summed E-state index contributed by atoms with van der Waals surface area (Å²) in [5.74, 6) is 0.428. The number of hydrogen-bond acceptors (Lipinski definition) is 7. The van der Waals surface area contributed by atoms with Crippen LogP contribution in [0, 0.1) is 0 Å². The maximum atomic E-state index is 12.7. The maximum absolute atomic E-state index is 12.7. The molecule has 11 heteroatoms. The number of halogens is 3. The van der Waals surface area contributed by atoms with Crippen molar-refractivity contribution in [2.24, 2.45) is 5.73 Å². The molecule has 1 atom stereocenters. The lowest BCUT2D eigenvalue weighted by Crippen LogP contribution is -2.27. The van der Waals surface area contributed by atoms with Crippen LogP contribution >= 0.6 is 0 Å². The number of alkyl halides is 3. The zero-order valence-corrected chi connectivity index (χ0v) is 17.8.